The lowest BCUT2D eigenvalue weighted by Crippen LogP contribution is -2.18. The van der Waals surface area contributed by atoms with Gasteiger partial charge >= 0.3 is 0 Å². The van der Waals surface area contributed by atoms with Crippen molar-refractivity contribution in [1.29, 1.82) is 0 Å². The zero-order valence-corrected chi connectivity index (χ0v) is 7.39. The largest absolute Gasteiger partial charge is 0.383 e. The van der Waals surface area contributed by atoms with Crippen molar-refractivity contribution in [2.24, 2.45) is 5.92 Å². The highest BCUT2D eigenvalue weighted by Crippen LogP contribution is 2.31. The molecule has 0 unspecified atom stereocenters. The lowest BCUT2D eigenvalue weighted by atomic mass is 9.82. The normalized spacial score (nSPS) is 28.5. The summed E-state index contributed by atoms with van der Waals surface area (Å²) in [6.45, 7) is 4.27. The Morgan fingerprint density at radius 2 is 2.25 bits per heavy atom. The molecule has 1 heterocycles. The second-order valence-electron chi connectivity index (χ2n) is 3.82. The van der Waals surface area contributed by atoms with Crippen LogP contribution in [0.4, 0.5) is 0 Å². The zero-order valence-electron chi connectivity index (χ0n) is 7.39. The summed E-state index contributed by atoms with van der Waals surface area (Å²) in [6.07, 6.45) is 1.99. The predicted molar refractivity (Wildman–Crippen MR) is 45.2 cm³/mol. The van der Waals surface area contributed by atoms with Gasteiger partial charge in [0.15, 0.2) is 0 Å². The minimum atomic E-state index is -0.0376. The third kappa shape index (κ3) is 1.00. The highest BCUT2D eigenvalue weighted by Gasteiger charge is 2.27. The van der Waals surface area contributed by atoms with Crippen LogP contribution < -0.4 is 5.56 Å². The molecule has 2 atom stereocenters. The van der Waals surface area contributed by atoms with Crippen LogP contribution in [0.15, 0.2) is 9.32 Å². The van der Waals surface area contributed by atoms with Crippen LogP contribution in [0.5, 0.6) is 0 Å². The Kier molecular flexibility index (Phi) is 1.60. The van der Waals surface area contributed by atoms with Gasteiger partial charge in [-0.15, -0.1) is 0 Å². The maximum Gasteiger partial charge on any atom is 0.283 e. The van der Waals surface area contributed by atoms with Gasteiger partial charge in [0.25, 0.3) is 5.56 Å². The van der Waals surface area contributed by atoms with Crippen molar-refractivity contribution in [1.82, 2.24) is 5.16 Å². The van der Waals surface area contributed by atoms with Gasteiger partial charge in [0, 0.05) is 6.42 Å². The average Bonchev–Trinajstić information content (AvgIpc) is 2.31. The Morgan fingerprint density at radius 3 is 3.00 bits per heavy atom. The molecule has 0 radical (unpaired) electrons. The molecule has 0 bridgehead atoms. The number of rotatable bonds is 0. The van der Waals surface area contributed by atoms with E-state index in [0.29, 0.717) is 11.8 Å². The summed E-state index contributed by atoms with van der Waals surface area (Å²) >= 11 is 0. The van der Waals surface area contributed by atoms with Crippen molar-refractivity contribution < 1.29 is 4.52 Å². The van der Waals surface area contributed by atoms with E-state index in [9.17, 15) is 4.79 Å². The molecule has 0 fully saturated rings. The molecule has 2 rings (SSSR count). The van der Waals surface area contributed by atoms with Crippen molar-refractivity contribution in [2.75, 3.05) is 0 Å². The summed E-state index contributed by atoms with van der Waals surface area (Å²) < 4.78 is 5.09. The molecule has 0 spiro atoms. The Balaban J connectivity index is 2.50. The number of fused-ring (bicyclic) bond motifs is 1. The molecule has 3 heteroatoms. The fraction of sp³-hybridized carbons (Fsp3) is 0.667. The highest BCUT2D eigenvalue weighted by atomic mass is 16.5. The Bertz CT molecular complexity index is 337. The molecule has 1 N–H and O–H groups in total. The Labute approximate surface area is 70.7 Å². The van der Waals surface area contributed by atoms with Crippen molar-refractivity contribution >= 4 is 0 Å². The van der Waals surface area contributed by atoms with E-state index in [1.807, 2.05) is 0 Å². The number of H-pyrrole nitrogens is 1. The first-order valence-corrected chi connectivity index (χ1v) is 4.38. The maximum absolute atomic E-state index is 11.2. The van der Waals surface area contributed by atoms with Crippen molar-refractivity contribution in [3.05, 3.63) is 21.7 Å². The van der Waals surface area contributed by atoms with Gasteiger partial charge in [-0.2, -0.15) is 5.16 Å². The molecule has 1 aromatic rings. The maximum atomic E-state index is 11.2. The first kappa shape index (κ1) is 7.65. The third-order valence-electron chi connectivity index (χ3n) is 2.59. The number of nitrogens with one attached hydrogen (secondary N) is 1. The lowest BCUT2D eigenvalue weighted by molar-refractivity contribution is 0.333. The van der Waals surface area contributed by atoms with Crippen molar-refractivity contribution in [3.63, 3.8) is 0 Å². The van der Waals surface area contributed by atoms with Gasteiger partial charge in [-0.25, -0.2) is 0 Å². The number of aromatic amines is 1. The van der Waals surface area contributed by atoms with E-state index >= 15 is 0 Å². The number of aromatic nitrogens is 1. The zero-order chi connectivity index (χ0) is 8.72. The fourth-order valence-corrected chi connectivity index (χ4v) is 2.12. The lowest BCUT2D eigenvalue weighted by Gasteiger charge is -2.21. The first-order chi connectivity index (χ1) is 5.68. The Hall–Kier alpha value is -0.990. The van der Waals surface area contributed by atoms with Gasteiger partial charge in [-0.05, 0) is 18.3 Å². The Morgan fingerprint density at radius 1 is 1.50 bits per heavy atom. The van der Waals surface area contributed by atoms with Crippen LogP contribution in [-0.4, -0.2) is 5.16 Å². The van der Waals surface area contributed by atoms with E-state index in [-0.39, 0.29) is 5.56 Å². The third-order valence-corrected chi connectivity index (χ3v) is 2.59. The second kappa shape index (κ2) is 2.51. The van der Waals surface area contributed by atoms with Crippen LogP contribution in [-0.2, 0) is 6.42 Å². The fourth-order valence-electron chi connectivity index (χ4n) is 2.12. The van der Waals surface area contributed by atoms with Crippen LogP contribution >= 0.6 is 0 Å². The topological polar surface area (TPSA) is 46.0 Å². The average molecular weight is 167 g/mol. The minimum absolute atomic E-state index is 0.0376. The predicted octanol–water partition coefficient (Wildman–Crippen LogP) is 1.65. The summed E-state index contributed by atoms with van der Waals surface area (Å²) in [4.78, 5) is 11.2. The van der Waals surface area contributed by atoms with E-state index in [4.69, 9.17) is 4.52 Å². The van der Waals surface area contributed by atoms with Gasteiger partial charge in [0.05, 0.1) is 5.56 Å². The number of hydrogen-bond acceptors (Lipinski definition) is 2. The second-order valence-corrected chi connectivity index (χ2v) is 3.82. The van der Waals surface area contributed by atoms with Crippen molar-refractivity contribution in [2.45, 2.75) is 32.6 Å². The summed E-state index contributed by atoms with van der Waals surface area (Å²) in [7, 11) is 0. The SMILES string of the molecule is C[C@@H]1Cc2o[nH]c(=O)c2[C@H](C)C1. The van der Waals surface area contributed by atoms with Crippen LogP contribution in [0.3, 0.4) is 0 Å². The molecule has 66 valence electrons. The quantitative estimate of drug-likeness (QED) is 0.638. The van der Waals surface area contributed by atoms with Gasteiger partial charge < -0.3 is 4.52 Å². The van der Waals surface area contributed by atoms with Gasteiger partial charge in [0.1, 0.15) is 5.76 Å². The summed E-state index contributed by atoms with van der Waals surface area (Å²) in [5.74, 6) is 1.85. The molecule has 1 aliphatic rings. The van der Waals surface area contributed by atoms with E-state index in [2.05, 4.69) is 19.0 Å². The smallest absolute Gasteiger partial charge is 0.283 e. The highest BCUT2D eigenvalue weighted by molar-refractivity contribution is 5.21. The van der Waals surface area contributed by atoms with E-state index in [1.54, 1.807) is 0 Å². The molecule has 0 saturated carbocycles. The van der Waals surface area contributed by atoms with Gasteiger partial charge in [-0.3, -0.25) is 4.79 Å². The molecule has 1 aromatic heterocycles. The molecule has 0 aliphatic heterocycles. The van der Waals surface area contributed by atoms with Crippen LogP contribution in [0.2, 0.25) is 0 Å². The van der Waals surface area contributed by atoms with E-state index < -0.39 is 0 Å². The summed E-state index contributed by atoms with van der Waals surface area (Å²) in [5.41, 5.74) is 0.831. The number of hydrogen-bond donors (Lipinski definition) is 1. The van der Waals surface area contributed by atoms with Crippen molar-refractivity contribution in [3.8, 4) is 0 Å². The first-order valence-electron chi connectivity index (χ1n) is 4.38. The van der Waals surface area contributed by atoms with E-state index in [1.165, 1.54) is 0 Å². The van der Waals surface area contributed by atoms with Crippen LogP contribution in [0, 0.1) is 5.92 Å². The summed E-state index contributed by atoms with van der Waals surface area (Å²) in [5, 5.41) is 2.40. The van der Waals surface area contributed by atoms with Crippen LogP contribution in [0.1, 0.15) is 37.5 Å². The minimum Gasteiger partial charge on any atom is -0.383 e. The van der Waals surface area contributed by atoms with Crippen LogP contribution in [0.25, 0.3) is 0 Å². The molecule has 0 aromatic carbocycles. The monoisotopic (exact) mass is 167 g/mol. The molecule has 0 saturated heterocycles. The molecular formula is C9H13NO2. The molecule has 0 amide bonds. The van der Waals surface area contributed by atoms with Gasteiger partial charge in [-0.1, -0.05) is 13.8 Å². The summed E-state index contributed by atoms with van der Waals surface area (Å²) in [6, 6.07) is 0. The molecule has 3 nitrogen and oxygen atoms in total. The molecule has 1 aliphatic carbocycles. The molecule has 12 heavy (non-hydrogen) atoms. The standard InChI is InChI=1S/C9H13NO2/c1-5-3-6(2)8-7(4-5)12-10-9(8)11/h5-6H,3-4H2,1-2H3,(H,10,11)/t5-,6+/m0/s1. The molecular weight excluding hydrogens is 154 g/mol. The van der Waals surface area contributed by atoms with E-state index in [0.717, 1.165) is 24.2 Å². The van der Waals surface area contributed by atoms with Gasteiger partial charge in [0.2, 0.25) is 0 Å².